The van der Waals surface area contributed by atoms with Gasteiger partial charge in [0, 0.05) is 43.0 Å². The van der Waals surface area contributed by atoms with Gasteiger partial charge in [0.2, 0.25) is 0 Å². The Hall–Kier alpha value is -1.16. The molecule has 3 rings (SSSR count). The van der Waals surface area contributed by atoms with Gasteiger partial charge in [-0.25, -0.2) is 0 Å². The summed E-state index contributed by atoms with van der Waals surface area (Å²) in [5, 5.41) is 5.74. The third kappa shape index (κ3) is 3.54. The second kappa shape index (κ2) is 6.73. The highest BCUT2D eigenvalue weighted by atomic mass is 32.1. The van der Waals surface area contributed by atoms with Crippen molar-refractivity contribution < 1.29 is 0 Å². The SMILES string of the molecule is CC(C)N(Cc1cccs1)CC1CNCc2ccccc21. The van der Waals surface area contributed by atoms with E-state index >= 15 is 0 Å². The van der Waals surface area contributed by atoms with E-state index in [0.29, 0.717) is 12.0 Å². The van der Waals surface area contributed by atoms with Crippen LogP contribution in [0.2, 0.25) is 0 Å². The van der Waals surface area contributed by atoms with E-state index in [9.17, 15) is 0 Å². The number of nitrogens with one attached hydrogen (secondary N) is 1. The van der Waals surface area contributed by atoms with Crippen molar-refractivity contribution in [1.29, 1.82) is 0 Å². The second-order valence-corrected chi connectivity index (χ2v) is 7.16. The van der Waals surface area contributed by atoms with Gasteiger partial charge in [0.25, 0.3) is 0 Å². The van der Waals surface area contributed by atoms with Crippen LogP contribution in [0.4, 0.5) is 0 Å². The fourth-order valence-electron chi connectivity index (χ4n) is 3.09. The first-order valence-corrected chi connectivity index (χ1v) is 8.67. The molecule has 1 aliphatic rings. The van der Waals surface area contributed by atoms with Crippen LogP contribution in [0.25, 0.3) is 0 Å². The zero-order valence-electron chi connectivity index (χ0n) is 12.9. The summed E-state index contributed by atoms with van der Waals surface area (Å²) in [6.07, 6.45) is 0. The van der Waals surface area contributed by atoms with Crippen LogP contribution in [0.3, 0.4) is 0 Å². The minimum absolute atomic E-state index is 0.571. The Morgan fingerprint density at radius 3 is 2.86 bits per heavy atom. The van der Waals surface area contributed by atoms with Crippen LogP contribution in [-0.2, 0) is 13.1 Å². The van der Waals surface area contributed by atoms with Crippen molar-refractivity contribution in [3.63, 3.8) is 0 Å². The van der Waals surface area contributed by atoms with Gasteiger partial charge < -0.3 is 5.32 Å². The minimum atomic E-state index is 0.571. The molecular weight excluding hydrogens is 276 g/mol. The van der Waals surface area contributed by atoms with Gasteiger partial charge in [-0.2, -0.15) is 0 Å². The van der Waals surface area contributed by atoms with E-state index in [1.54, 1.807) is 0 Å². The lowest BCUT2D eigenvalue weighted by Gasteiger charge is -2.34. The van der Waals surface area contributed by atoms with Gasteiger partial charge in [-0.3, -0.25) is 4.90 Å². The Morgan fingerprint density at radius 2 is 2.10 bits per heavy atom. The van der Waals surface area contributed by atoms with Crippen molar-refractivity contribution in [2.75, 3.05) is 13.1 Å². The van der Waals surface area contributed by atoms with Crippen molar-refractivity contribution in [3.05, 3.63) is 57.8 Å². The van der Waals surface area contributed by atoms with E-state index in [0.717, 1.165) is 26.2 Å². The summed E-state index contributed by atoms with van der Waals surface area (Å²) >= 11 is 1.86. The molecule has 112 valence electrons. The van der Waals surface area contributed by atoms with Gasteiger partial charge in [0.05, 0.1) is 0 Å². The Kier molecular flexibility index (Phi) is 4.73. The first-order valence-electron chi connectivity index (χ1n) is 7.79. The molecule has 3 heteroatoms. The summed E-state index contributed by atoms with van der Waals surface area (Å²) in [4.78, 5) is 4.06. The highest BCUT2D eigenvalue weighted by Gasteiger charge is 2.23. The van der Waals surface area contributed by atoms with Gasteiger partial charge in [-0.15, -0.1) is 11.3 Å². The third-order valence-electron chi connectivity index (χ3n) is 4.33. The number of thiophene rings is 1. The number of hydrogen-bond acceptors (Lipinski definition) is 3. The Morgan fingerprint density at radius 1 is 1.24 bits per heavy atom. The molecule has 2 heterocycles. The van der Waals surface area contributed by atoms with Gasteiger partial charge in [-0.1, -0.05) is 30.3 Å². The number of benzene rings is 1. The second-order valence-electron chi connectivity index (χ2n) is 6.13. The normalized spacial score (nSPS) is 18.2. The first-order chi connectivity index (χ1) is 10.2. The van der Waals surface area contributed by atoms with Crippen molar-refractivity contribution >= 4 is 11.3 Å². The highest BCUT2D eigenvalue weighted by Crippen LogP contribution is 2.26. The molecule has 21 heavy (non-hydrogen) atoms. The maximum atomic E-state index is 3.57. The first kappa shape index (κ1) is 14.8. The maximum Gasteiger partial charge on any atom is 0.0330 e. The number of rotatable bonds is 5. The summed E-state index contributed by atoms with van der Waals surface area (Å²) < 4.78 is 0. The zero-order valence-corrected chi connectivity index (χ0v) is 13.7. The van der Waals surface area contributed by atoms with Crippen LogP contribution < -0.4 is 5.32 Å². The zero-order chi connectivity index (χ0) is 14.7. The monoisotopic (exact) mass is 300 g/mol. The smallest absolute Gasteiger partial charge is 0.0330 e. The number of nitrogens with zero attached hydrogens (tertiary/aromatic N) is 1. The van der Waals surface area contributed by atoms with Crippen LogP contribution >= 0.6 is 11.3 Å². The largest absolute Gasteiger partial charge is 0.312 e. The van der Waals surface area contributed by atoms with E-state index in [-0.39, 0.29) is 0 Å². The van der Waals surface area contributed by atoms with Crippen molar-refractivity contribution in [1.82, 2.24) is 10.2 Å². The van der Waals surface area contributed by atoms with Crippen LogP contribution in [0, 0.1) is 0 Å². The maximum absolute atomic E-state index is 3.57. The molecule has 1 aromatic heterocycles. The summed E-state index contributed by atoms with van der Waals surface area (Å²) in [5.41, 5.74) is 3.00. The molecule has 0 saturated heterocycles. The summed E-state index contributed by atoms with van der Waals surface area (Å²) in [6.45, 7) is 8.89. The lowest BCUT2D eigenvalue weighted by molar-refractivity contribution is 0.196. The quantitative estimate of drug-likeness (QED) is 0.902. The summed E-state index contributed by atoms with van der Waals surface area (Å²) in [5.74, 6) is 0.595. The molecule has 1 unspecified atom stereocenters. The molecule has 1 aromatic carbocycles. The predicted octanol–water partition coefficient (Wildman–Crippen LogP) is 3.85. The predicted molar refractivity (Wildman–Crippen MR) is 90.8 cm³/mol. The average molecular weight is 300 g/mol. The summed E-state index contributed by atoms with van der Waals surface area (Å²) in [6, 6.07) is 13.9. The molecule has 1 N–H and O–H groups in total. The molecule has 0 spiro atoms. The van der Waals surface area contributed by atoms with Crippen LogP contribution in [0.1, 0.15) is 35.8 Å². The van der Waals surface area contributed by atoms with Gasteiger partial charge >= 0.3 is 0 Å². The van der Waals surface area contributed by atoms with E-state index in [1.165, 1.54) is 16.0 Å². The molecule has 0 amide bonds. The van der Waals surface area contributed by atoms with E-state index in [2.05, 4.69) is 65.8 Å². The van der Waals surface area contributed by atoms with Crippen LogP contribution in [0.5, 0.6) is 0 Å². The third-order valence-corrected chi connectivity index (χ3v) is 5.19. The molecule has 1 aliphatic heterocycles. The lowest BCUT2D eigenvalue weighted by Crippen LogP contribution is -2.39. The molecule has 0 bridgehead atoms. The molecule has 2 nitrogen and oxygen atoms in total. The van der Waals surface area contributed by atoms with E-state index in [1.807, 2.05) is 11.3 Å². The van der Waals surface area contributed by atoms with E-state index < -0.39 is 0 Å². The van der Waals surface area contributed by atoms with Gasteiger partial charge in [0.1, 0.15) is 0 Å². The van der Waals surface area contributed by atoms with Crippen molar-refractivity contribution in [3.8, 4) is 0 Å². The Balaban J connectivity index is 1.74. The minimum Gasteiger partial charge on any atom is -0.312 e. The Bertz CT molecular complexity index is 562. The molecule has 0 fully saturated rings. The standard InChI is InChI=1S/C18H24N2S/c1-14(2)20(13-17-7-5-9-21-17)12-16-11-19-10-15-6-3-4-8-18(15)16/h3-9,14,16,19H,10-13H2,1-2H3. The molecule has 0 radical (unpaired) electrons. The van der Waals surface area contributed by atoms with E-state index in [4.69, 9.17) is 0 Å². The van der Waals surface area contributed by atoms with Crippen molar-refractivity contribution in [2.45, 2.75) is 38.9 Å². The number of hydrogen-bond donors (Lipinski definition) is 1. The molecule has 0 saturated carbocycles. The van der Waals surface area contributed by atoms with Gasteiger partial charge in [0.15, 0.2) is 0 Å². The summed E-state index contributed by atoms with van der Waals surface area (Å²) in [7, 11) is 0. The van der Waals surface area contributed by atoms with Crippen molar-refractivity contribution in [2.24, 2.45) is 0 Å². The van der Waals surface area contributed by atoms with Crippen LogP contribution in [0.15, 0.2) is 41.8 Å². The fourth-order valence-corrected chi connectivity index (χ4v) is 3.82. The van der Waals surface area contributed by atoms with Gasteiger partial charge in [-0.05, 0) is 36.4 Å². The topological polar surface area (TPSA) is 15.3 Å². The average Bonchev–Trinajstić information content (AvgIpc) is 3.00. The fraction of sp³-hybridized carbons (Fsp3) is 0.444. The Labute approximate surface area is 131 Å². The van der Waals surface area contributed by atoms with Crippen LogP contribution in [-0.4, -0.2) is 24.0 Å². The molecular formula is C18H24N2S. The lowest BCUT2D eigenvalue weighted by atomic mass is 9.90. The molecule has 0 aliphatic carbocycles. The molecule has 1 atom stereocenters. The highest BCUT2D eigenvalue weighted by molar-refractivity contribution is 7.09. The number of fused-ring (bicyclic) bond motifs is 1. The molecule has 2 aromatic rings.